The van der Waals surface area contributed by atoms with Gasteiger partial charge in [-0.25, -0.2) is 0 Å². The molecule has 1 saturated carbocycles. The van der Waals surface area contributed by atoms with Crippen LogP contribution >= 0.6 is 0 Å². The molecule has 0 N–H and O–H groups in total. The van der Waals surface area contributed by atoms with Crippen LogP contribution in [0.4, 0.5) is 0 Å². The average molecular weight is 386 g/mol. The number of benzene rings is 1. The molecule has 0 amide bonds. The van der Waals surface area contributed by atoms with E-state index >= 15 is 0 Å². The van der Waals surface area contributed by atoms with E-state index in [2.05, 4.69) is 23.1 Å². The fourth-order valence-corrected chi connectivity index (χ4v) is 5.44. The second-order valence-corrected chi connectivity index (χ2v) is 8.83. The summed E-state index contributed by atoms with van der Waals surface area (Å²) in [4.78, 5) is 2.72. The van der Waals surface area contributed by atoms with Crippen molar-refractivity contribution in [2.75, 3.05) is 34.4 Å². The van der Waals surface area contributed by atoms with Crippen LogP contribution in [-0.4, -0.2) is 51.7 Å². The van der Waals surface area contributed by atoms with Gasteiger partial charge in [0.05, 0.1) is 7.11 Å². The molecule has 28 heavy (non-hydrogen) atoms. The number of hydrogen-bond acceptors (Lipinski definition) is 4. The van der Waals surface area contributed by atoms with E-state index in [1.807, 2.05) is 0 Å². The number of fused-ring (bicyclic) bond motifs is 4. The summed E-state index contributed by atoms with van der Waals surface area (Å²) >= 11 is 0. The topological polar surface area (TPSA) is 30.9 Å². The van der Waals surface area contributed by atoms with Crippen molar-refractivity contribution >= 4 is 0 Å². The number of rotatable bonds is 9. The first-order chi connectivity index (χ1) is 13.6. The van der Waals surface area contributed by atoms with Crippen molar-refractivity contribution in [2.24, 2.45) is 5.92 Å². The summed E-state index contributed by atoms with van der Waals surface area (Å²) in [5.41, 5.74) is 4.41. The number of piperidine rings is 1. The van der Waals surface area contributed by atoms with Gasteiger partial charge in [-0.15, -0.1) is 0 Å². The summed E-state index contributed by atoms with van der Waals surface area (Å²) in [6.45, 7) is 7.12. The van der Waals surface area contributed by atoms with Crippen molar-refractivity contribution in [3.05, 3.63) is 41.5 Å². The second-order valence-electron chi connectivity index (χ2n) is 8.83. The van der Waals surface area contributed by atoms with Crippen LogP contribution in [0.3, 0.4) is 0 Å². The molecule has 154 valence electrons. The maximum Gasteiger partial charge on any atom is 0.156 e. The summed E-state index contributed by atoms with van der Waals surface area (Å²) in [6, 6.07) is 7.16. The Bertz CT molecular complexity index is 710. The maximum absolute atomic E-state index is 5.58. The van der Waals surface area contributed by atoms with Gasteiger partial charge >= 0.3 is 0 Å². The molecule has 2 fully saturated rings. The molecule has 0 aromatic heterocycles. The van der Waals surface area contributed by atoms with Gasteiger partial charge in [0.1, 0.15) is 5.75 Å². The lowest BCUT2D eigenvalue weighted by Crippen LogP contribution is -2.55. The van der Waals surface area contributed by atoms with Gasteiger partial charge in [-0.05, 0) is 86.2 Å². The lowest BCUT2D eigenvalue weighted by atomic mass is 9.59. The van der Waals surface area contributed by atoms with Gasteiger partial charge in [-0.3, -0.25) is 4.90 Å². The van der Waals surface area contributed by atoms with Crippen molar-refractivity contribution < 1.29 is 14.2 Å². The maximum atomic E-state index is 5.58. The number of ether oxygens (including phenoxy) is 3. The highest BCUT2D eigenvalue weighted by Gasteiger charge is 2.49. The van der Waals surface area contributed by atoms with Crippen LogP contribution in [0.15, 0.2) is 30.4 Å². The second kappa shape index (κ2) is 8.17. The van der Waals surface area contributed by atoms with Crippen molar-refractivity contribution in [3.63, 3.8) is 0 Å². The highest BCUT2D eigenvalue weighted by molar-refractivity contribution is 5.52. The van der Waals surface area contributed by atoms with Gasteiger partial charge in [-0.2, -0.15) is 0 Å². The summed E-state index contributed by atoms with van der Waals surface area (Å²) in [6.07, 6.45) is 8.01. The van der Waals surface area contributed by atoms with E-state index < -0.39 is 0 Å². The summed E-state index contributed by atoms with van der Waals surface area (Å²) in [5, 5.41) is 0. The van der Waals surface area contributed by atoms with Crippen molar-refractivity contribution in [1.82, 2.24) is 4.90 Å². The number of nitrogens with zero attached hydrogens (tertiary/aromatic N) is 1. The molecular formula is C24H35NO3. The molecule has 4 rings (SSSR count). The normalized spacial score (nSPS) is 27.1. The highest BCUT2D eigenvalue weighted by Crippen LogP contribution is 2.52. The standard InChI is InChI=1S/C24H35NO3/c1-17-22-14-19-9-10-20(26-2)15-21(19)24(17,11-5-6-23(27-3)28-4)12-13-25(22)16-18-7-8-18/h9-10,15,18,22-23H,1,5-8,11-14,16H2,2-4H3/t22-,24?/m1/s1. The Morgan fingerprint density at radius 3 is 2.68 bits per heavy atom. The zero-order valence-corrected chi connectivity index (χ0v) is 17.7. The SMILES string of the molecule is C=C1[C@H]2Cc3ccc(OC)cc3C1(CCCC(OC)OC)CCN2CC1CC1. The largest absolute Gasteiger partial charge is 0.497 e. The lowest BCUT2D eigenvalue weighted by molar-refractivity contribution is -0.107. The Balaban J connectivity index is 1.62. The molecule has 2 bridgehead atoms. The van der Waals surface area contributed by atoms with Crippen molar-refractivity contribution in [3.8, 4) is 5.75 Å². The van der Waals surface area contributed by atoms with Crippen LogP contribution in [0.2, 0.25) is 0 Å². The van der Waals surface area contributed by atoms with Gasteiger partial charge in [-0.1, -0.05) is 12.6 Å². The van der Waals surface area contributed by atoms with Crippen LogP contribution in [0.5, 0.6) is 5.75 Å². The molecular weight excluding hydrogens is 350 g/mol. The Morgan fingerprint density at radius 1 is 1.21 bits per heavy atom. The molecule has 1 aromatic rings. The van der Waals surface area contributed by atoms with Crippen molar-refractivity contribution in [2.45, 2.75) is 62.7 Å². The smallest absolute Gasteiger partial charge is 0.156 e. The summed E-state index contributed by atoms with van der Waals surface area (Å²) in [5.74, 6) is 1.87. The fraction of sp³-hybridized carbons (Fsp3) is 0.667. The van der Waals surface area contributed by atoms with E-state index in [0.717, 1.165) is 43.8 Å². The third-order valence-corrected chi connectivity index (χ3v) is 7.29. The Labute approximate surface area is 169 Å². The minimum absolute atomic E-state index is 0.0544. The monoisotopic (exact) mass is 385 g/mol. The molecule has 4 heteroatoms. The Morgan fingerprint density at radius 2 is 2.00 bits per heavy atom. The highest BCUT2D eigenvalue weighted by atomic mass is 16.7. The van der Waals surface area contributed by atoms with Gasteiger partial charge < -0.3 is 14.2 Å². The van der Waals surface area contributed by atoms with Crippen LogP contribution in [0.1, 0.15) is 49.7 Å². The molecule has 1 heterocycles. The van der Waals surface area contributed by atoms with E-state index in [1.165, 1.54) is 42.6 Å². The molecule has 4 nitrogen and oxygen atoms in total. The predicted molar refractivity (Wildman–Crippen MR) is 112 cm³/mol. The number of hydrogen-bond donors (Lipinski definition) is 0. The van der Waals surface area contributed by atoms with E-state index in [4.69, 9.17) is 20.8 Å². The van der Waals surface area contributed by atoms with Crippen LogP contribution < -0.4 is 4.74 Å². The summed E-state index contributed by atoms with van der Waals surface area (Å²) < 4.78 is 16.4. The quantitative estimate of drug-likeness (QED) is 0.468. The first-order valence-electron chi connectivity index (χ1n) is 10.8. The van der Waals surface area contributed by atoms with E-state index in [-0.39, 0.29) is 11.7 Å². The first-order valence-corrected chi connectivity index (χ1v) is 10.8. The molecule has 1 aromatic carbocycles. The molecule has 2 atom stereocenters. The number of likely N-dealkylation sites (tertiary alicyclic amines) is 1. The van der Waals surface area contributed by atoms with Crippen molar-refractivity contribution in [1.29, 1.82) is 0 Å². The summed E-state index contributed by atoms with van der Waals surface area (Å²) in [7, 11) is 5.20. The van der Waals surface area contributed by atoms with Gasteiger partial charge in [0.25, 0.3) is 0 Å². The molecule has 2 aliphatic carbocycles. The molecule has 1 aliphatic heterocycles. The van der Waals surface area contributed by atoms with Crippen LogP contribution in [-0.2, 0) is 21.3 Å². The third-order valence-electron chi connectivity index (χ3n) is 7.29. The Kier molecular flexibility index (Phi) is 5.82. The molecule has 3 aliphatic rings. The van der Waals surface area contributed by atoms with Gasteiger partial charge in [0.2, 0.25) is 0 Å². The predicted octanol–water partition coefficient (Wildman–Crippen LogP) is 4.32. The van der Waals surface area contributed by atoms with Gasteiger partial charge in [0.15, 0.2) is 6.29 Å². The third kappa shape index (κ3) is 3.62. The molecule has 0 radical (unpaired) electrons. The zero-order chi connectivity index (χ0) is 19.7. The van der Waals surface area contributed by atoms with E-state index in [0.29, 0.717) is 6.04 Å². The number of methoxy groups -OCH3 is 3. The molecule has 1 saturated heterocycles. The lowest BCUT2D eigenvalue weighted by Gasteiger charge is -2.53. The van der Waals surface area contributed by atoms with Crippen LogP contribution in [0.25, 0.3) is 0 Å². The fourth-order valence-electron chi connectivity index (χ4n) is 5.44. The minimum atomic E-state index is -0.121. The zero-order valence-electron chi connectivity index (χ0n) is 17.7. The van der Waals surface area contributed by atoms with Crippen LogP contribution in [0, 0.1) is 5.92 Å². The van der Waals surface area contributed by atoms with E-state index in [1.54, 1.807) is 21.3 Å². The van der Waals surface area contributed by atoms with Gasteiger partial charge in [0, 0.05) is 32.2 Å². The molecule has 1 unspecified atom stereocenters. The first kappa shape index (κ1) is 19.9. The Hall–Kier alpha value is -1.36. The average Bonchev–Trinajstić information content (AvgIpc) is 3.53. The minimum Gasteiger partial charge on any atom is -0.497 e. The molecule has 0 spiro atoms. The van der Waals surface area contributed by atoms with E-state index in [9.17, 15) is 0 Å².